The first-order valence-electron chi connectivity index (χ1n) is 5.75. The van der Waals surface area contributed by atoms with E-state index < -0.39 is 0 Å². The summed E-state index contributed by atoms with van der Waals surface area (Å²) >= 11 is 5.60. The number of esters is 1. The van der Waals surface area contributed by atoms with E-state index in [1.54, 1.807) is 0 Å². The lowest BCUT2D eigenvalue weighted by Crippen LogP contribution is -2.08. The first-order valence-corrected chi connectivity index (χ1v) is 6.29. The van der Waals surface area contributed by atoms with Crippen molar-refractivity contribution in [3.63, 3.8) is 0 Å². The summed E-state index contributed by atoms with van der Waals surface area (Å²) in [7, 11) is 0. The van der Waals surface area contributed by atoms with E-state index >= 15 is 0 Å². The lowest BCUT2D eigenvalue weighted by Gasteiger charge is -2.07. The van der Waals surface area contributed by atoms with Crippen LogP contribution < -0.4 is 0 Å². The lowest BCUT2D eigenvalue weighted by atomic mass is 10.1. The lowest BCUT2D eigenvalue weighted by molar-refractivity contribution is -0.139. The number of carbonyl (C=O) groups excluding carboxylic acids is 1. The van der Waals surface area contributed by atoms with Crippen molar-refractivity contribution >= 4 is 17.6 Å². The second kappa shape index (κ2) is 6.89. The van der Waals surface area contributed by atoms with Crippen LogP contribution in [-0.2, 0) is 9.53 Å². The fourth-order valence-corrected chi connectivity index (χ4v) is 1.93. The monoisotopic (exact) mass is 230 g/mol. The third-order valence-corrected chi connectivity index (χ3v) is 2.93. The summed E-state index contributed by atoms with van der Waals surface area (Å²) in [5, 5.41) is 0. The van der Waals surface area contributed by atoms with Crippen molar-refractivity contribution < 1.29 is 9.53 Å². The Hall–Kier alpha value is -0.500. The van der Waals surface area contributed by atoms with Crippen LogP contribution in [0.25, 0.3) is 0 Å². The van der Waals surface area contributed by atoms with Gasteiger partial charge >= 0.3 is 5.97 Å². The van der Waals surface area contributed by atoms with Crippen LogP contribution in [-0.4, -0.2) is 18.0 Å². The zero-order valence-corrected chi connectivity index (χ0v) is 10.1. The SMILES string of the molecule is CCCCCCC[C@H]1C=C(CCl)C(=O)O1. The second-order valence-corrected chi connectivity index (χ2v) is 4.24. The molecule has 0 aromatic heterocycles. The normalized spacial score (nSPS) is 20.3. The fraction of sp³-hybridized carbons (Fsp3) is 0.750. The molecule has 0 aliphatic carbocycles. The molecule has 15 heavy (non-hydrogen) atoms. The third-order valence-electron chi connectivity index (χ3n) is 2.64. The number of unbranched alkanes of at least 4 members (excludes halogenated alkanes) is 4. The smallest absolute Gasteiger partial charge is 0.335 e. The van der Waals surface area contributed by atoms with Gasteiger partial charge in [-0.2, -0.15) is 0 Å². The Kier molecular flexibility index (Phi) is 5.77. The minimum absolute atomic E-state index is 0.0205. The Morgan fingerprint density at radius 2 is 2.07 bits per heavy atom. The van der Waals surface area contributed by atoms with Gasteiger partial charge in [0.1, 0.15) is 6.10 Å². The summed E-state index contributed by atoms with van der Waals surface area (Å²) in [5.41, 5.74) is 0.621. The predicted octanol–water partition coefficient (Wildman–Crippen LogP) is 3.44. The zero-order chi connectivity index (χ0) is 11.1. The van der Waals surface area contributed by atoms with Crippen molar-refractivity contribution in [1.29, 1.82) is 0 Å². The Labute approximate surface area is 96.6 Å². The molecule has 0 spiro atoms. The number of ether oxygens (including phenoxy) is 1. The topological polar surface area (TPSA) is 26.3 Å². The molecule has 1 atom stereocenters. The molecule has 1 rings (SSSR count). The molecule has 0 amide bonds. The molecule has 0 aromatic rings. The highest BCUT2D eigenvalue weighted by Gasteiger charge is 2.23. The van der Waals surface area contributed by atoms with E-state index in [0.717, 1.165) is 12.8 Å². The summed E-state index contributed by atoms with van der Waals surface area (Å²) in [5.74, 6) is 0.0362. The predicted molar refractivity (Wildman–Crippen MR) is 62.1 cm³/mol. The van der Waals surface area contributed by atoms with Gasteiger partial charge in [0.2, 0.25) is 0 Å². The molecule has 2 nitrogen and oxygen atoms in total. The minimum atomic E-state index is -0.233. The molecule has 0 fully saturated rings. The van der Waals surface area contributed by atoms with Crippen LogP contribution in [0, 0.1) is 0 Å². The third kappa shape index (κ3) is 4.25. The van der Waals surface area contributed by atoms with Gasteiger partial charge < -0.3 is 4.74 Å². The van der Waals surface area contributed by atoms with Gasteiger partial charge in [0, 0.05) is 0 Å². The van der Waals surface area contributed by atoms with Crippen molar-refractivity contribution in [3.05, 3.63) is 11.6 Å². The van der Waals surface area contributed by atoms with E-state index in [0.29, 0.717) is 5.57 Å². The van der Waals surface area contributed by atoms with Crippen LogP contribution in [0.5, 0.6) is 0 Å². The molecule has 0 N–H and O–H groups in total. The van der Waals surface area contributed by atoms with Crippen molar-refractivity contribution in [3.8, 4) is 0 Å². The van der Waals surface area contributed by atoms with Gasteiger partial charge in [0.05, 0.1) is 11.5 Å². The second-order valence-electron chi connectivity index (χ2n) is 3.97. The Morgan fingerprint density at radius 3 is 2.67 bits per heavy atom. The van der Waals surface area contributed by atoms with E-state index in [9.17, 15) is 4.79 Å². The minimum Gasteiger partial charge on any atom is -0.455 e. The van der Waals surface area contributed by atoms with Crippen molar-refractivity contribution in [2.24, 2.45) is 0 Å². The Bertz CT molecular complexity index is 236. The first-order chi connectivity index (χ1) is 7.27. The van der Waals surface area contributed by atoms with Crippen LogP contribution in [0.3, 0.4) is 0 Å². The van der Waals surface area contributed by atoms with Crippen LogP contribution in [0.1, 0.15) is 45.4 Å². The molecule has 1 heterocycles. The zero-order valence-electron chi connectivity index (χ0n) is 9.30. The molecule has 3 heteroatoms. The van der Waals surface area contributed by atoms with Crippen LogP contribution >= 0.6 is 11.6 Å². The standard InChI is InChI=1S/C12H19ClO2/c1-2-3-4-5-6-7-11-8-10(9-13)12(14)15-11/h8,11H,2-7,9H2,1H3/t11-/m0/s1. The highest BCUT2D eigenvalue weighted by Crippen LogP contribution is 2.19. The summed E-state index contributed by atoms with van der Waals surface area (Å²) in [4.78, 5) is 11.2. The maximum Gasteiger partial charge on any atom is 0.335 e. The molecule has 0 unspecified atom stereocenters. The fourth-order valence-electron chi connectivity index (χ4n) is 1.73. The van der Waals surface area contributed by atoms with Crippen LogP contribution in [0.2, 0.25) is 0 Å². The van der Waals surface area contributed by atoms with Gasteiger partial charge in [-0.3, -0.25) is 0 Å². The number of carbonyl (C=O) groups is 1. The average Bonchev–Trinajstić information content (AvgIpc) is 2.59. The first kappa shape index (κ1) is 12.6. The largest absolute Gasteiger partial charge is 0.455 e. The van der Waals surface area contributed by atoms with Crippen molar-refractivity contribution in [2.45, 2.75) is 51.6 Å². The van der Waals surface area contributed by atoms with E-state index in [1.165, 1.54) is 25.7 Å². The van der Waals surface area contributed by atoms with Gasteiger partial charge in [-0.15, -0.1) is 11.6 Å². The highest BCUT2D eigenvalue weighted by molar-refractivity contribution is 6.22. The molecule has 86 valence electrons. The van der Waals surface area contributed by atoms with Crippen LogP contribution in [0.4, 0.5) is 0 Å². The molecule has 0 aromatic carbocycles. The Morgan fingerprint density at radius 1 is 1.33 bits per heavy atom. The molecule has 0 bridgehead atoms. The molecular weight excluding hydrogens is 212 g/mol. The van der Waals surface area contributed by atoms with Gasteiger partial charge in [0.15, 0.2) is 0 Å². The molecular formula is C12H19ClO2. The molecule has 1 aliphatic rings. The van der Waals surface area contributed by atoms with Gasteiger partial charge in [-0.1, -0.05) is 32.6 Å². The Balaban J connectivity index is 2.13. The van der Waals surface area contributed by atoms with E-state index in [1.807, 2.05) is 6.08 Å². The molecule has 1 aliphatic heterocycles. The number of rotatable bonds is 7. The molecule has 0 saturated heterocycles. The maximum absolute atomic E-state index is 11.2. The van der Waals surface area contributed by atoms with E-state index in [2.05, 4.69) is 6.92 Å². The number of halogens is 1. The summed E-state index contributed by atoms with van der Waals surface area (Å²) < 4.78 is 5.16. The van der Waals surface area contributed by atoms with E-state index in [4.69, 9.17) is 16.3 Å². The number of hydrogen-bond acceptors (Lipinski definition) is 2. The highest BCUT2D eigenvalue weighted by atomic mass is 35.5. The van der Waals surface area contributed by atoms with Crippen LogP contribution in [0.15, 0.2) is 11.6 Å². The average molecular weight is 231 g/mol. The number of cyclic esters (lactones) is 1. The summed E-state index contributed by atoms with van der Waals surface area (Å²) in [6.07, 6.45) is 8.99. The molecule has 0 radical (unpaired) electrons. The van der Waals surface area contributed by atoms with Gasteiger partial charge in [0.25, 0.3) is 0 Å². The van der Waals surface area contributed by atoms with Gasteiger partial charge in [-0.25, -0.2) is 4.79 Å². The number of alkyl halides is 1. The quantitative estimate of drug-likeness (QED) is 0.381. The van der Waals surface area contributed by atoms with Crippen molar-refractivity contribution in [1.82, 2.24) is 0 Å². The van der Waals surface area contributed by atoms with Gasteiger partial charge in [-0.05, 0) is 18.9 Å². The number of hydrogen-bond donors (Lipinski definition) is 0. The summed E-state index contributed by atoms with van der Waals surface area (Å²) in [6, 6.07) is 0. The maximum atomic E-state index is 11.2. The van der Waals surface area contributed by atoms with E-state index in [-0.39, 0.29) is 18.0 Å². The summed E-state index contributed by atoms with van der Waals surface area (Å²) in [6.45, 7) is 2.20. The molecule has 0 saturated carbocycles. The van der Waals surface area contributed by atoms with Crippen molar-refractivity contribution in [2.75, 3.05) is 5.88 Å².